The summed E-state index contributed by atoms with van der Waals surface area (Å²) >= 11 is 0. The van der Waals surface area contributed by atoms with Crippen LogP contribution in [0, 0.1) is 5.41 Å². The van der Waals surface area contributed by atoms with Crippen LogP contribution in [0.2, 0.25) is 0 Å². The van der Waals surface area contributed by atoms with Crippen LogP contribution in [0.5, 0.6) is 0 Å². The largest absolute Gasteiger partial charge is 0.325 e. The Morgan fingerprint density at radius 2 is 1.52 bits per heavy atom. The van der Waals surface area contributed by atoms with Crippen LogP contribution in [-0.4, -0.2) is 11.8 Å². The van der Waals surface area contributed by atoms with E-state index in [0.29, 0.717) is 12.8 Å². The summed E-state index contributed by atoms with van der Waals surface area (Å²) in [4.78, 5) is 25.4. The van der Waals surface area contributed by atoms with Gasteiger partial charge in [-0.1, -0.05) is 44.2 Å². The van der Waals surface area contributed by atoms with Crippen molar-refractivity contribution >= 4 is 23.2 Å². The molecule has 25 heavy (non-hydrogen) atoms. The monoisotopic (exact) mass is 336 g/mol. The van der Waals surface area contributed by atoms with Gasteiger partial charge < -0.3 is 10.6 Å². The Morgan fingerprint density at radius 1 is 0.880 bits per heavy atom. The van der Waals surface area contributed by atoms with Gasteiger partial charge in [0.25, 0.3) is 0 Å². The molecule has 2 amide bonds. The average Bonchev–Trinajstić information content (AvgIpc) is 3.45. The van der Waals surface area contributed by atoms with Crippen molar-refractivity contribution in [1.82, 2.24) is 0 Å². The van der Waals surface area contributed by atoms with Crippen molar-refractivity contribution in [2.24, 2.45) is 5.41 Å². The van der Waals surface area contributed by atoms with Gasteiger partial charge in [0.05, 0.1) is 0 Å². The van der Waals surface area contributed by atoms with Gasteiger partial charge in [-0.25, -0.2) is 0 Å². The zero-order valence-electron chi connectivity index (χ0n) is 14.8. The number of benzene rings is 2. The lowest BCUT2D eigenvalue weighted by Gasteiger charge is -2.17. The van der Waals surface area contributed by atoms with Gasteiger partial charge in [-0.05, 0) is 55.0 Å². The number of amides is 2. The van der Waals surface area contributed by atoms with Crippen LogP contribution in [0.25, 0.3) is 0 Å². The molecule has 1 fully saturated rings. The molecule has 1 aliphatic rings. The highest BCUT2D eigenvalue weighted by Crippen LogP contribution is 2.47. The molecular formula is C21H24N2O2. The summed E-state index contributed by atoms with van der Waals surface area (Å²) in [5, 5.41) is 5.84. The lowest BCUT2D eigenvalue weighted by atomic mass is 10.0. The van der Waals surface area contributed by atoms with Crippen molar-refractivity contribution in [3.63, 3.8) is 0 Å². The number of carbonyl (C=O) groups is 2. The first-order chi connectivity index (χ1) is 12.1. The summed E-state index contributed by atoms with van der Waals surface area (Å²) in [6, 6.07) is 15.5. The van der Waals surface area contributed by atoms with Crippen LogP contribution >= 0.6 is 0 Å². The highest BCUT2D eigenvalue weighted by Gasteiger charge is 2.56. The summed E-state index contributed by atoms with van der Waals surface area (Å²) in [7, 11) is 0. The van der Waals surface area contributed by atoms with E-state index in [9.17, 15) is 9.59 Å². The van der Waals surface area contributed by atoms with Gasteiger partial charge in [0.1, 0.15) is 5.41 Å². The molecule has 0 saturated heterocycles. The minimum Gasteiger partial charge on any atom is -0.325 e. The van der Waals surface area contributed by atoms with Crippen LogP contribution in [0.1, 0.15) is 37.8 Å². The Labute approximate surface area is 148 Å². The Morgan fingerprint density at radius 3 is 2.12 bits per heavy atom. The molecule has 4 heteroatoms. The van der Waals surface area contributed by atoms with E-state index in [1.165, 1.54) is 5.56 Å². The van der Waals surface area contributed by atoms with Crippen LogP contribution in [0.4, 0.5) is 11.4 Å². The molecule has 0 unspecified atom stereocenters. The molecule has 4 nitrogen and oxygen atoms in total. The van der Waals surface area contributed by atoms with Crippen LogP contribution in [0.3, 0.4) is 0 Å². The van der Waals surface area contributed by atoms with E-state index in [1.54, 1.807) is 0 Å². The average molecular weight is 336 g/mol. The fourth-order valence-corrected chi connectivity index (χ4v) is 2.95. The van der Waals surface area contributed by atoms with Crippen molar-refractivity contribution < 1.29 is 9.59 Å². The molecule has 0 radical (unpaired) electrons. The molecule has 1 saturated carbocycles. The van der Waals surface area contributed by atoms with E-state index >= 15 is 0 Å². The first-order valence-electron chi connectivity index (χ1n) is 8.89. The van der Waals surface area contributed by atoms with Crippen LogP contribution in [0.15, 0.2) is 48.5 Å². The van der Waals surface area contributed by atoms with Crippen molar-refractivity contribution in [3.05, 3.63) is 59.7 Å². The summed E-state index contributed by atoms with van der Waals surface area (Å²) < 4.78 is 0. The molecule has 1 aliphatic carbocycles. The molecule has 0 aliphatic heterocycles. The normalized spacial score (nSPS) is 14.6. The van der Waals surface area contributed by atoms with E-state index in [-0.39, 0.29) is 11.8 Å². The minimum atomic E-state index is -0.940. The second kappa shape index (κ2) is 7.09. The maximum atomic E-state index is 12.7. The van der Waals surface area contributed by atoms with Gasteiger partial charge in [0.15, 0.2) is 0 Å². The van der Waals surface area contributed by atoms with Crippen molar-refractivity contribution in [2.75, 3.05) is 10.6 Å². The fourth-order valence-electron chi connectivity index (χ4n) is 2.95. The lowest BCUT2D eigenvalue weighted by Crippen LogP contribution is -2.35. The quantitative estimate of drug-likeness (QED) is 0.778. The standard InChI is InChI=1S/C21H24N2O2/c1-3-15-9-11-17(12-10-15)22-19(24)21(13-14-21)20(25)23-18-8-6-5-7-16(18)4-2/h5-12H,3-4,13-14H2,1-2H3,(H,22,24)(H,23,25). The molecule has 0 aromatic heterocycles. The number of para-hydroxylation sites is 1. The number of hydrogen-bond donors (Lipinski definition) is 2. The summed E-state index contributed by atoms with van der Waals surface area (Å²) in [5.41, 5.74) is 2.87. The van der Waals surface area contributed by atoms with Crippen LogP contribution in [-0.2, 0) is 22.4 Å². The SMILES string of the molecule is CCc1ccc(NC(=O)C2(C(=O)Nc3ccccc3CC)CC2)cc1. The highest BCUT2D eigenvalue weighted by molar-refractivity contribution is 6.17. The molecule has 0 bridgehead atoms. The molecule has 2 aromatic rings. The third kappa shape index (κ3) is 3.58. The van der Waals surface area contributed by atoms with Crippen LogP contribution < -0.4 is 10.6 Å². The van der Waals surface area contributed by atoms with Crippen molar-refractivity contribution in [3.8, 4) is 0 Å². The molecule has 2 N–H and O–H groups in total. The second-order valence-corrected chi connectivity index (χ2v) is 6.55. The predicted molar refractivity (Wildman–Crippen MR) is 101 cm³/mol. The van der Waals surface area contributed by atoms with E-state index in [0.717, 1.165) is 29.8 Å². The molecule has 130 valence electrons. The number of aryl methyl sites for hydroxylation is 2. The Balaban J connectivity index is 1.70. The van der Waals surface area contributed by atoms with Crippen molar-refractivity contribution in [2.45, 2.75) is 39.5 Å². The van der Waals surface area contributed by atoms with E-state index in [4.69, 9.17) is 0 Å². The summed E-state index contributed by atoms with van der Waals surface area (Å²) in [6.45, 7) is 4.13. The fraction of sp³-hybridized carbons (Fsp3) is 0.333. The number of nitrogens with one attached hydrogen (secondary N) is 2. The third-order valence-electron chi connectivity index (χ3n) is 4.89. The summed E-state index contributed by atoms with van der Waals surface area (Å²) in [6.07, 6.45) is 2.97. The van der Waals surface area contributed by atoms with Gasteiger partial charge in [-0.3, -0.25) is 9.59 Å². The number of carbonyl (C=O) groups excluding carboxylic acids is 2. The molecule has 0 heterocycles. The molecular weight excluding hydrogens is 312 g/mol. The number of hydrogen-bond acceptors (Lipinski definition) is 2. The first kappa shape index (κ1) is 17.2. The predicted octanol–water partition coefficient (Wildman–Crippen LogP) is 4.17. The van der Waals surface area contributed by atoms with Gasteiger partial charge in [-0.15, -0.1) is 0 Å². The highest BCUT2D eigenvalue weighted by atomic mass is 16.2. The Bertz CT molecular complexity index is 777. The second-order valence-electron chi connectivity index (χ2n) is 6.55. The zero-order valence-corrected chi connectivity index (χ0v) is 14.8. The minimum absolute atomic E-state index is 0.212. The van der Waals surface area contributed by atoms with Crippen molar-refractivity contribution in [1.29, 1.82) is 0 Å². The first-order valence-corrected chi connectivity index (χ1v) is 8.89. The Hall–Kier alpha value is -2.62. The molecule has 2 aromatic carbocycles. The third-order valence-corrected chi connectivity index (χ3v) is 4.89. The lowest BCUT2D eigenvalue weighted by molar-refractivity contribution is -0.131. The summed E-state index contributed by atoms with van der Waals surface area (Å²) in [5.74, 6) is -0.431. The topological polar surface area (TPSA) is 58.2 Å². The van der Waals surface area contributed by atoms with Gasteiger partial charge in [0.2, 0.25) is 11.8 Å². The smallest absolute Gasteiger partial charge is 0.240 e. The Kier molecular flexibility index (Phi) is 4.88. The van der Waals surface area contributed by atoms with Gasteiger partial charge >= 0.3 is 0 Å². The maximum Gasteiger partial charge on any atom is 0.240 e. The molecule has 3 rings (SSSR count). The number of rotatable bonds is 6. The van der Waals surface area contributed by atoms with Gasteiger partial charge in [-0.2, -0.15) is 0 Å². The maximum absolute atomic E-state index is 12.7. The number of anilines is 2. The van der Waals surface area contributed by atoms with Gasteiger partial charge in [0, 0.05) is 11.4 Å². The zero-order chi connectivity index (χ0) is 17.9. The van der Waals surface area contributed by atoms with E-state index < -0.39 is 5.41 Å². The molecule has 0 atom stereocenters. The van der Waals surface area contributed by atoms with E-state index in [2.05, 4.69) is 17.6 Å². The van der Waals surface area contributed by atoms with E-state index in [1.807, 2.05) is 55.5 Å². The molecule has 0 spiro atoms.